The Balaban J connectivity index is 0.000000237. The number of fused-ring (bicyclic) bond motifs is 5. The lowest BCUT2D eigenvalue weighted by Gasteiger charge is -2.52. The van der Waals surface area contributed by atoms with Gasteiger partial charge in [-0.3, -0.25) is 4.79 Å². The van der Waals surface area contributed by atoms with Crippen LogP contribution in [0.3, 0.4) is 0 Å². The van der Waals surface area contributed by atoms with E-state index in [4.69, 9.17) is 0 Å². The van der Waals surface area contributed by atoms with E-state index >= 15 is 0 Å². The van der Waals surface area contributed by atoms with Crippen molar-refractivity contribution in [3.05, 3.63) is 81.7 Å². The fourth-order valence-corrected chi connectivity index (χ4v) is 7.80. The molecule has 1 aromatic carbocycles. The Bertz CT molecular complexity index is 1170. The predicted octanol–water partition coefficient (Wildman–Crippen LogP) is 10.8. The van der Waals surface area contributed by atoms with Crippen molar-refractivity contribution in [3.8, 4) is 0 Å². The number of benzene rings is 1. The summed E-state index contributed by atoms with van der Waals surface area (Å²) in [4.78, 5) is 10.9. The Morgan fingerprint density at radius 2 is 1.64 bits per heavy atom. The molecule has 4 atom stereocenters. The molecule has 214 valence electrons. The van der Waals surface area contributed by atoms with Gasteiger partial charge in [-0.2, -0.15) is 0 Å². The van der Waals surface area contributed by atoms with Crippen LogP contribution in [0.25, 0.3) is 0 Å². The molecule has 0 aromatic heterocycles. The van der Waals surface area contributed by atoms with Gasteiger partial charge in [0.1, 0.15) is 11.5 Å². The molecule has 0 aliphatic heterocycles. The molecule has 2 heteroatoms. The summed E-state index contributed by atoms with van der Waals surface area (Å²) in [6, 6.07) is 9.82. The molecular formula is C37H54O2. The Morgan fingerprint density at radius 1 is 1.03 bits per heavy atom. The Labute approximate surface area is 239 Å². The van der Waals surface area contributed by atoms with Crippen molar-refractivity contribution in [2.45, 2.75) is 120 Å². The smallest absolute Gasteiger partial charge is 0.136 e. The monoisotopic (exact) mass is 530 g/mol. The molecule has 0 radical (unpaired) electrons. The number of hydrogen-bond acceptors (Lipinski definition) is 2. The molecule has 0 bridgehead atoms. The molecule has 0 saturated heterocycles. The summed E-state index contributed by atoms with van der Waals surface area (Å²) in [6.07, 6.45) is 12.9. The zero-order valence-electron chi connectivity index (χ0n) is 26.5. The van der Waals surface area contributed by atoms with Crippen LogP contribution in [0.15, 0.2) is 76.1 Å². The topological polar surface area (TPSA) is 37.3 Å². The molecule has 4 unspecified atom stereocenters. The predicted molar refractivity (Wildman–Crippen MR) is 167 cm³/mol. The van der Waals surface area contributed by atoms with Gasteiger partial charge in [0.15, 0.2) is 0 Å². The van der Waals surface area contributed by atoms with Gasteiger partial charge < -0.3 is 5.11 Å². The maximum atomic E-state index is 10.9. The molecule has 39 heavy (non-hydrogen) atoms. The van der Waals surface area contributed by atoms with Gasteiger partial charge in [0.25, 0.3) is 0 Å². The molecule has 1 fully saturated rings. The Kier molecular flexibility index (Phi) is 9.62. The van der Waals surface area contributed by atoms with E-state index in [-0.39, 0.29) is 17.1 Å². The number of carbonyl (C=O) groups excluding carboxylic acids is 1. The van der Waals surface area contributed by atoms with E-state index in [1.54, 1.807) is 34.8 Å². The van der Waals surface area contributed by atoms with Crippen molar-refractivity contribution in [1.29, 1.82) is 0 Å². The van der Waals surface area contributed by atoms with Gasteiger partial charge in [-0.05, 0) is 110 Å². The van der Waals surface area contributed by atoms with E-state index in [1.807, 2.05) is 65.0 Å². The van der Waals surface area contributed by atoms with Crippen molar-refractivity contribution in [3.63, 3.8) is 0 Å². The van der Waals surface area contributed by atoms with E-state index < -0.39 is 0 Å². The van der Waals surface area contributed by atoms with Crippen LogP contribution in [0.2, 0.25) is 0 Å². The van der Waals surface area contributed by atoms with E-state index in [0.717, 1.165) is 17.9 Å². The van der Waals surface area contributed by atoms with Crippen molar-refractivity contribution in [2.24, 2.45) is 22.2 Å². The number of aliphatic hydroxyl groups excluding tert-OH is 1. The van der Waals surface area contributed by atoms with E-state index in [1.165, 1.54) is 38.5 Å². The van der Waals surface area contributed by atoms with E-state index in [9.17, 15) is 9.90 Å². The Morgan fingerprint density at radius 3 is 2.21 bits per heavy atom. The SMILES string of the molecule is CC.CC.CC(=O)C(C)c1ccccc1.CC1=C2C3=C(CCC2(C)C(C)C1)C1(C)CC=C(O)C=C1C1(CC1)C3. The number of carbonyl (C=O) groups is 1. The highest BCUT2D eigenvalue weighted by atomic mass is 16.3. The van der Waals surface area contributed by atoms with Gasteiger partial charge in [-0.15, -0.1) is 0 Å². The maximum absolute atomic E-state index is 10.9. The first-order valence-electron chi connectivity index (χ1n) is 15.6. The van der Waals surface area contributed by atoms with Crippen molar-refractivity contribution < 1.29 is 9.90 Å². The van der Waals surface area contributed by atoms with Crippen LogP contribution in [0.4, 0.5) is 0 Å². The second-order valence-electron chi connectivity index (χ2n) is 12.6. The van der Waals surface area contributed by atoms with Crippen LogP contribution in [-0.4, -0.2) is 10.9 Å². The third-order valence-electron chi connectivity index (χ3n) is 10.4. The summed E-state index contributed by atoms with van der Waals surface area (Å²) in [5, 5.41) is 10.1. The minimum absolute atomic E-state index is 0.0381. The lowest BCUT2D eigenvalue weighted by atomic mass is 9.52. The van der Waals surface area contributed by atoms with Gasteiger partial charge in [-0.25, -0.2) is 0 Å². The summed E-state index contributed by atoms with van der Waals surface area (Å²) in [5.74, 6) is 1.55. The quantitative estimate of drug-likeness (QED) is 0.413. The minimum Gasteiger partial charge on any atom is -0.508 e. The number of rotatable bonds is 2. The first-order chi connectivity index (χ1) is 18.5. The fraction of sp³-hybridized carbons (Fsp3) is 0.595. The summed E-state index contributed by atoms with van der Waals surface area (Å²) < 4.78 is 0. The second kappa shape index (κ2) is 12.0. The lowest BCUT2D eigenvalue weighted by molar-refractivity contribution is -0.118. The number of allylic oxidation sites excluding steroid dienone is 7. The van der Waals surface area contributed by atoms with Crippen LogP contribution in [0.5, 0.6) is 0 Å². The zero-order valence-corrected chi connectivity index (χ0v) is 26.5. The standard InChI is InChI=1S/C23H30O.C10H12O.2C2H6/c1-14-11-15(2)21(3)8-6-18-17(20(14)21)13-23(9-10-23)19-12-16(24)5-7-22(18,19)4;1-8(9(2)11)10-6-4-3-5-7-10;2*1-2/h5,12,15,24H,6-11,13H2,1-4H3;3-8H,1-2H3;2*1-2H3. The normalized spacial score (nSPS) is 29.9. The highest BCUT2D eigenvalue weighted by Crippen LogP contribution is 2.72. The molecule has 5 aliphatic rings. The third-order valence-corrected chi connectivity index (χ3v) is 10.4. The van der Waals surface area contributed by atoms with Crippen LogP contribution >= 0.6 is 0 Å². The summed E-state index contributed by atoms with van der Waals surface area (Å²) in [5.41, 5.74) is 10.5. The first-order valence-corrected chi connectivity index (χ1v) is 15.6. The molecule has 0 amide bonds. The Hall–Kier alpha value is -2.35. The van der Waals surface area contributed by atoms with Gasteiger partial charge in [0, 0.05) is 11.3 Å². The van der Waals surface area contributed by atoms with Crippen LogP contribution in [-0.2, 0) is 4.79 Å². The average molecular weight is 531 g/mol. The van der Waals surface area contributed by atoms with Crippen LogP contribution in [0.1, 0.15) is 126 Å². The number of Topliss-reactive ketones (excluding diaryl/α,β-unsaturated/α-hetero) is 1. The molecule has 5 aliphatic carbocycles. The molecular weight excluding hydrogens is 476 g/mol. The van der Waals surface area contributed by atoms with Gasteiger partial charge in [0.2, 0.25) is 0 Å². The largest absolute Gasteiger partial charge is 0.508 e. The highest BCUT2D eigenvalue weighted by molar-refractivity contribution is 5.82. The summed E-state index contributed by atoms with van der Waals surface area (Å²) >= 11 is 0. The molecule has 0 heterocycles. The maximum Gasteiger partial charge on any atom is 0.136 e. The molecule has 1 N–H and O–H groups in total. The molecule has 2 nitrogen and oxygen atoms in total. The second-order valence-corrected chi connectivity index (χ2v) is 12.6. The van der Waals surface area contributed by atoms with Crippen LogP contribution in [0, 0.1) is 22.2 Å². The van der Waals surface area contributed by atoms with E-state index in [0.29, 0.717) is 16.6 Å². The van der Waals surface area contributed by atoms with E-state index in [2.05, 4.69) is 39.8 Å². The van der Waals surface area contributed by atoms with Crippen LogP contribution < -0.4 is 0 Å². The average Bonchev–Trinajstić information content (AvgIpc) is 3.67. The van der Waals surface area contributed by atoms with Crippen molar-refractivity contribution in [2.75, 3.05) is 0 Å². The number of aliphatic hydroxyl groups is 1. The van der Waals surface area contributed by atoms with Crippen molar-refractivity contribution >= 4 is 5.78 Å². The van der Waals surface area contributed by atoms with Gasteiger partial charge >= 0.3 is 0 Å². The molecule has 1 spiro atoms. The van der Waals surface area contributed by atoms with Crippen molar-refractivity contribution in [1.82, 2.24) is 0 Å². The number of ketones is 1. The van der Waals surface area contributed by atoms with Gasteiger partial charge in [0.05, 0.1) is 0 Å². The fourth-order valence-electron chi connectivity index (χ4n) is 7.80. The zero-order chi connectivity index (χ0) is 29.2. The lowest BCUT2D eigenvalue weighted by Crippen LogP contribution is -2.40. The minimum atomic E-state index is 0.0381. The molecule has 1 aromatic rings. The first kappa shape index (κ1) is 31.2. The molecule has 6 rings (SSSR count). The number of hydrogen-bond donors (Lipinski definition) is 1. The third kappa shape index (κ3) is 5.50. The summed E-state index contributed by atoms with van der Waals surface area (Å²) in [7, 11) is 0. The molecule has 1 saturated carbocycles. The summed E-state index contributed by atoms with van der Waals surface area (Å²) in [6.45, 7) is 21.4. The van der Waals surface area contributed by atoms with Gasteiger partial charge in [-0.1, -0.05) is 96.9 Å². The highest BCUT2D eigenvalue weighted by Gasteiger charge is 2.60.